The number of nitrogens with zero attached hydrogens (tertiary/aromatic N) is 2. The first-order chi connectivity index (χ1) is 8.69. The van der Waals surface area contributed by atoms with Gasteiger partial charge in [-0.05, 0) is 12.1 Å². The average Bonchev–Trinajstić information content (AvgIpc) is 2.37. The second-order valence-electron chi connectivity index (χ2n) is 3.57. The van der Waals surface area contributed by atoms with Gasteiger partial charge in [-0.15, -0.1) is 0 Å². The summed E-state index contributed by atoms with van der Waals surface area (Å²) in [4.78, 5) is 17.3. The highest BCUT2D eigenvalue weighted by Crippen LogP contribution is 2.11. The number of rotatable bonds is 3. The second-order valence-corrected chi connectivity index (χ2v) is 3.57. The number of nitriles is 1. The summed E-state index contributed by atoms with van der Waals surface area (Å²) >= 11 is 0. The van der Waals surface area contributed by atoms with E-state index in [4.69, 9.17) is 5.26 Å². The third kappa shape index (κ3) is 2.71. The highest BCUT2D eigenvalue weighted by molar-refractivity contribution is 5.37. The van der Waals surface area contributed by atoms with Crippen molar-refractivity contribution in [3.05, 3.63) is 57.9 Å². The van der Waals surface area contributed by atoms with Crippen LogP contribution in [0.15, 0.2) is 35.4 Å². The number of benzene rings is 1. The molecular weight excluding hydrogens is 235 g/mol. The molecule has 90 valence electrons. The average molecular weight is 244 g/mol. The maximum Gasteiger partial charge on any atom is 0.252 e. The van der Waals surface area contributed by atoms with Gasteiger partial charge in [-0.1, -0.05) is 6.07 Å². The molecule has 0 amide bonds. The number of halogens is 1. The Balaban J connectivity index is 2.11. The van der Waals surface area contributed by atoms with Crippen molar-refractivity contribution in [2.75, 3.05) is 5.32 Å². The van der Waals surface area contributed by atoms with Crippen molar-refractivity contribution >= 4 is 5.82 Å². The van der Waals surface area contributed by atoms with Crippen LogP contribution in [0.5, 0.6) is 0 Å². The smallest absolute Gasteiger partial charge is 0.252 e. The Bertz CT molecular complexity index is 660. The summed E-state index contributed by atoms with van der Waals surface area (Å²) in [6, 6.07) is 7.36. The summed E-state index contributed by atoms with van der Waals surface area (Å²) in [6.07, 6.45) is 1.26. The summed E-state index contributed by atoms with van der Waals surface area (Å²) in [5.74, 6) is -0.103. The van der Waals surface area contributed by atoms with E-state index in [2.05, 4.69) is 15.3 Å². The fraction of sp³-hybridized carbons (Fsp3) is 0.0833. The van der Waals surface area contributed by atoms with Crippen LogP contribution in [0.4, 0.5) is 10.2 Å². The lowest BCUT2D eigenvalue weighted by Gasteiger charge is -2.06. The van der Waals surface area contributed by atoms with Gasteiger partial charge in [0.2, 0.25) is 0 Å². The predicted octanol–water partition coefficient (Wildman–Crippen LogP) is 1.39. The normalized spacial score (nSPS) is 9.78. The van der Waals surface area contributed by atoms with Crippen molar-refractivity contribution in [3.8, 4) is 6.07 Å². The molecule has 2 N–H and O–H groups in total. The fourth-order valence-electron chi connectivity index (χ4n) is 1.41. The van der Waals surface area contributed by atoms with Crippen LogP contribution < -0.4 is 10.9 Å². The van der Waals surface area contributed by atoms with Gasteiger partial charge in [-0.25, -0.2) is 9.37 Å². The standard InChI is InChI=1S/C12H9FN4O/c13-10-3-8(5-14)1-2-9(10)6-15-11-4-12(18)17-7-16-11/h1-4,7H,6H2,(H2,15,16,17,18). The van der Waals surface area contributed by atoms with Crippen LogP contribution in [0, 0.1) is 17.1 Å². The number of H-pyrrole nitrogens is 1. The van der Waals surface area contributed by atoms with E-state index >= 15 is 0 Å². The Hall–Kier alpha value is -2.68. The molecule has 2 aromatic rings. The molecule has 0 aliphatic carbocycles. The van der Waals surface area contributed by atoms with E-state index in [0.717, 1.165) is 0 Å². The Morgan fingerprint density at radius 1 is 1.44 bits per heavy atom. The highest BCUT2D eigenvalue weighted by Gasteiger charge is 2.03. The van der Waals surface area contributed by atoms with Crippen molar-refractivity contribution in [2.24, 2.45) is 0 Å². The van der Waals surface area contributed by atoms with Gasteiger partial charge >= 0.3 is 0 Å². The zero-order valence-electron chi connectivity index (χ0n) is 9.27. The van der Waals surface area contributed by atoms with Crippen LogP contribution in [-0.2, 0) is 6.54 Å². The molecule has 0 fully saturated rings. The van der Waals surface area contributed by atoms with Crippen LogP contribution in [0.25, 0.3) is 0 Å². The lowest BCUT2D eigenvalue weighted by atomic mass is 10.1. The number of aromatic nitrogens is 2. The summed E-state index contributed by atoms with van der Waals surface area (Å²) in [5, 5.41) is 11.4. The van der Waals surface area contributed by atoms with Gasteiger partial charge in [-0.2, -0.15) is 5.26 Å². The molecule has 0 saturated heterocycles. The van der Waals surface area contributed by atoms with Gasteiger partial charge in [0, 0.05) is 18.2 Å². The third-order valence-electron chi connectivity index (χ3n) is 2.32. The molecule has 0 unspecified atom stereocenters. The largest absolute Gasteiger partial charge is 0.366 e. The minimum absolute atomic E-state index is 0.188. The van der Waals surface area contributed by atoms with Gasteiger partial charge in [-0.3, -0.25) is 4.79 Å². The van der Waals surface area contributed by atoms with Crippen LogP contribution in [-0.4, -0.2) is 9.97 Å². The number of hydrogen-bond donors (Lipinski definition) is 2. The van der Waals surface area contributed by atoms with Crippen molar-refractivity contribution in [3.63, 3.8) is 0 Å². The van der Waals surface area contributed by atoms with E-state index in [1.807, 2.05) is 6.07 Å². The Morgan fingerprint density at radius 2 is 2.28 bits per heavy atom. The molecule has 0 spiro atoms. The molecule has 1 aromatic carbocycles. The first-order valence-electron chi connectivity index (χ1n) is 5.16. The Kier molecular flexibility index (Phi) is 3.34. The molecule has 0 aliphatic rings. The second kappa shape index (κ2) is 5.10. The van der Waals surface area contributed by atoms with E-state index in [-0.39, 0.29) is 17.7 Å². The van der Waals surface area contributed by atoms with E-state index < -0.39 is 5.82 Å². The molecule has 1 heterocycles. The van der Waals surface area contributed by atoms with Crippen molar-refractivity contribution in [2.45, 2.75) is 6.54 Å². The molecule has 1 aromatic heterocycles. The number of anilines is 1. The van der Waals surface area contributed by atoms with Crippen molar-refractivity contribution < 1.29 is 4.39 Å². The lowest BCUT2D eigenvalue weighted by Crippen LogP contribution is -2.09. The monoisotopic (exact) mass is 244 g/mol. The molecule has 0 saturated carbocycles. The summed E-state index contributed by atoms with van der Waals surface area (Å²) in [5.41, 5.74) is 0.384. The molecular formula is C12H9FN4O. The minimum atomic E-state index is -0.466. The van der Waals surface area contributed by atoms with E-state index in [1.165, 1.54) is 30.6 Å². The molecule has 0 aliphatic heterocycles. The van der Waals surface area contributed by atoms with Crippen molar-refractivity contribution in [1.29, 1.82) is 5.26 Å². The molecule has 18 heavy (non-hydrogen) atoms. The number of nitrogens with one attached hydrogen (secondary N) is 2. The van der Waals surface area contributed by atoms with Gasteiger partial charge in [0.15, 0.2) is 0 Å². The highest BCUT2D eigenvalue weighted by atomic mass is 19.1. The molecule has 0 atom stereocenters. The van der Waals surface area contributed by atoms with Crippen LogP contribution >= 0.6 is 0 Å². The zero-order chi connectivity index (χ0) is 13.0. The third-order valence-corrected chi connectivity index (χ3v) is 2.32. The minimum Gasteiger partial charge on any atom is -0.366 e. The summed E-state index contributed by atoms with van der Waals surface area (Å²) < 4.78 is 13.5. The fourth-order valence-corrected chi connectivity index (χ4v) is 1.41. The van der Waals surface area contributed by atoms with E-state index in [9.17, 15) is 9.18 Å². The maximum absolute atomic E-state index is 13.5. The molecule has 6 heteroatoms. The molecule has 5 nitrogen and oxygen atoms in total. The first kappa shape index (κ1) is 11.8. The molecule has 0 bridgehead atoms. The number of aromatic amines is 1. The first-order valence-corrected chi connectivity index (χ1v) is 5.16. The van der Waals surface area contributed by atoms with Crippen LogP contribution in [0.3, 0.4) is 0 Å². The van der Waals surface area contributed by atoms with Gasteiger partial charge < -0.3 is 10.3 Å². The van der Waals surface area contributed by atoms with Crippen LogP contribution in [0.2, 0.25) is 0 Å². The molecule has 2 rings (SSSR count). The van der Waals surface area contributed by atoms with Gasteiger partial charge in [0.25, 0.3) is 5.56 Å². The number of hydrogen-bond acceptors (Lipinski definition) is 4. The zero-order valence-corrected chi connectivity index (χ0v) is 9.27. The Morgan fingerprint density at radius 3 is 2.94 bits per heavy atom. The van der Waals surface area contributed by atoms with E-state index in [1.54, 1.807) is 0 Å². The quantitative estimate of drug-likeness (QED) is 0.854. The SMILES string of the molecule is N#Cc1ccc(CNc2cc(=O)[nH]cn2)c(F)c1. The van der Waals surface area contributed by atoms with Crippen LogP contribution in [0.1, 0.15) is 11.1 Å². The van der Waals surface area contributed by atoms with Crippen molar-refractivity contribution in [1.82, 2.24) is 9.97 Å². The summed E-state index contributed by atoms with van der Waals surface area (Å²) in [7, 11) is 0. The van der Waals surface area contributed by atoms with Gasteiger partial charge in [0.1, 0.15) is 11.6 Å². The van der Waals surface area contributed by atoms with E-state index in [0.29, 0.717) is 11.4 Å². The maximum atomic E-state index is 13.5. The molecule has 0 radical (unpaired) electrons. The lowest BCUT2D eigenvalue weighted by molar-refractivity contribution is 0.612. The summed E-state index contributed by atoms with van der Waals surface area (Å²) in [6.45, 7) is 0.188. The van der Waals surface area contributed by atoms with Gasteiger partial charge in [0.05, 0.1) is 18.0 Å². The predicted molar refractivity (Wildman–Crippen MR) is 63.3 cm³/mol. The topological polar surface area (TPSA) is 81.6 Å². The Labute approximate surface area is 102 Å².